The minimum absolute atomic E-state index is 0.284. The highest BCUT2D eigenvalue weighted by Crippen LogP contribution is 2.35. The summed E-state index contributed by atoms with van der Waals surface area (Å²) in [5.41, 5.74) is 2.54. The average molecular weight is 350 g/mol. The highest BCUT2D eigenvalue weighted by Gasteiger charge is 2.40. The van der Waals surface area contributed by atoms with Crippen molar-refractivity contribution in [2.45, 2.75) is 13.5 Å². The first-order valence-electron chi connectivity index (χ1n) is 8.57. The highest BCUT2D eigenvalue weighted by molar-refractivity contribution is 6.35. The zero-order valence-corrected chi connectivity index (χ0v) is 15.2. The maximum atomic E-state index is 12.9. The smallest absolute Gasteiger partial charge is 0.277 e. The molecule has 1 heterocycles. The van der Waals surface area contributed by atoms with Crippen molar-refractivity contribution in [3.05, 3.63) is 71.4 Å². The third-order valence-electron chi connectivity index (χ3n) is 4.55. The van der Waals surface area contributed by atoms with Crippen LogP contribution < -0.4 is 4.74 Å². The van der Waals surface area contributed by atoms with E-state index < -0.39 is 0 Å². The Bertz CT molecular complexity index is 859. The average Bonchev–Trinajstić information content (AvgIpc) is 2.90. The van der Waals surface area contributed by atoms with E-state index in [1.807, 2.05) is 60.4 Å². The van der Waals surface area contributed by atoms with Crippen LogP contribution in [0, 0.1) is 0 Å². The summed E-state index contributed by atoms with van der Waals surface area (Å²) in [6, 6.07) is 17.2. The number of hydrogen-bond donors (Lipinski definition) is 0. The summed E-state index contributed by atoms with van der Waals surface area (Å²) < 4.78 is 5.42. The van der Waals surface area contributed by atoms with Crippen LogP contribution in [0.15, 0.2) is 60.3 Å². The Morgan fingerprint density at radius 2 is 1.62 bits per heavy atom. The Kier molecular flexibility index (Phi) is 5.07. The van der Waals surface area contributed by atoms with E-state index in [1.165, 1.54) is 11.9 Å². The van der Waals surface area contributed by atoms with Gasteiger partial charge in [0, 0.05) is 25.7 Å². The summed E-state index contributed by atoms with van der Waals surface area (Å²) in [5.74, 6) is -0.0121. The molecule has 2 aromatic rings. The van der Waals surface area contributed by atoms with E-state index in [0.29, 0.717) is 35.7 Å². The number of amides is 2. The van der Waals surface area contributed by atoms with E-state index in [9.17, 15) is 9.59 Å². The summed E-state index contributed by atoms with van der Waals surface area (Å²) in [6.07, 6.45) is 0. The van der Waals surface area contributed by atoms with Crippen LogP contribution >= 0.6 is 0 Å². The summed E-state index contributed by atoms with van der Waals surface area (Å²) in [5, 5.41) is 0. The molecule has 1 aliphatic rings. The lowest BCUT2D eigenvalue weighted by atomic mass is 10.0. The van der Waals surface area contributed by atoms with Gasteiger partial charge in [-0.15, -0.1) is 0 Å². The van der Waals surface area contributed by atoms with Crippen LogP contribution in [0.2, 0.25) is 0 Å². The molecule has 1 aliphatic heterocycles. The zero-order valence-electron chi connectivity index (χ0n) is 15.2. The predicted molar refractivity (Wildman–Crippen MR) is 100 cm³/mol. The van der Waals surface area contributed by atoms with Crippen molar-refractivity contribution in [3.8, 4) is 5.75 Å². The second-order valence-electron chi connectivity index (χ2n) is 6.09. The molecular formula is C21H22N2O3. The van der Waals surface area contributed by atoms with Crippen molar-refractivity contribution in [2.75, 3.05) is 20.7 Å². The number of nitrogens with zero attached hydrogens (tertiary/aromatic N) is 2. The van der Waals surface area contributed by atoms with Crippen LogP contribution in [0.25, 0.3) is 5.57 Å². The van der Waals surface area contributed by atoms with Crippen molar-refractivity contribution < 1.29 is 14.3 Å². The summed E-state index contributed by atoms with van der Waals surface area (Å²) in [6.45, 7) is 3.14. The van der Waals surface area contributed by atoms with E-state index in [-0.39, 0.29) is 11.8 Å². The quantitative estimate of drug-likeness (QED) is 0.752. The van der Waals surface area contributed by atoms with Crippen LogP contribution in [0.4, 0.5) is 0 Å². The first kappa shape index (κ1) is 17.7. The van der Waals surface area contributed by atoms with Crippen molar-refractivity contribution in [1.82, 2.24) is 9.80 Å². The highest BCUT2D eigenvalue weighted by atomic mass is 16.5. The minimum Gasteiger partial charge on any atom is -0.496 e. The summed E-state index contributed by atoms with van der Waals surface area (Å²) in [4.78, 5) is 28.8. The van der Waals surface area contributed by atoms with Gasteiger partial charge >= 0.3 is 0 Å². The fourth-order valence-corrected chi connectivity index (χ4v) is 3.17. The third kappa shape index (κ3) is 3.08. The number of imide groups is 1. The molecule has 0 N–H and O–H groups in total. The summed E-state index contributed by atoms with van der Waals surface area (Å²) in [7, 11) is 3.08. The SMILES string of the molecule is CCN(Cc1ccccc1)C1=C(c2ccccc2OC)C(=O)N(C)C1=O. The molecule has 0 fully saturated rings. The Balaban J connectivity index is 2.13. The fourth-order valence-electron chi connectivity index (χ4n) is 3.17. The number of methoxy groups -OCH3 is 1. The topological polar surface area (TPSA) is 49.9 Å². The fraction of sp³-hybridized carbons (Fsp3) is 0.238. The number of rotatable bonds is 6. The molecule has 0 spiro atoms. The van der Waals surface area contributed by atoms with Crippen molar-refractivity contribution in [2.24, 2.45) is 0 Å². The van der Waals surface area contributed by atoms with Crippen LogP contribution in [-0.2, 0) is 16.1 Å². The zero-order chi connectivity index (χ0) is 18.7. The van der Waals surface area contributed by atoms with Crippen LogP contribution in [0.3, 0.4) is 0 Å². The van der Waals surface area contributed by atoms with Gasteiger partial charge in [0.15, 0.2) is 0 Å². The van der Waals surface area contributed by atoms with Gasteiger partial charge in [-0.05, 0) is 18.6 Å². The molecule has 26 heavy (non-hydrogen) atoms. The largest absolute Gasteiger partial charge is 0.496 e. The lowest BCUT2D eigenvalue weighted by molar-refractivity contribution is -0.135. The molecule has 0 unspecified atom stereocenters. The van der Waals surface area contributed by atoms with E-state index >= 15 is 0 Å². The Hall–Kier alpha value is -3.08. The van der Waals surface area contributed by atoms with Crippen LogP contribution in [-0.4, -0.2) is 42.3 Å². The number of hydrogen-bond acceptors (Lipinski definition) is 4. The van der Waals surface area contributed by atoms with Gasteiger partial charge in [0.2, 0.25) is 0 Å². The van der Waals surface area contributed by atoms with E-state index in [0.717, 1.165) is 5.56 Å². The van der Waals surface area contributed by atoms with E-state index in [4.69, 9.17) is 4.74 Å². The standard InChI is InChI=1S/C21H22N2O3/c1-4-23(14-15-10-6-5-7-11-15)19-18(20(24)22(2)21(19)25)16-12-8-9-13-17(16)26-3/h5-13H,4,14H2,1-3H3. The molecule has 0 aliphatic carbocycles. The number of ether oxygens (including phenoxy) is 1. The molecule has 134 valence electrons. The second-order valence-corrected chi connectivity index (χ2v) is 6.09. The number of para-hydroxylation sites is 1. The Labute approximate surface area is 153 Å². The minimum atomic E-state index is -0.305. The molecule has 0 aromatic heterocycles. The third-order valence-corrected chi connectivity index (χ3v) is 4.55. The monoisotopic (exact) mass is 350 g/mol. The van der Waals surface area contributed by atoms with Crippen LogP contribution in [0.1, 0.15) is 18.1 Å². The normalized spacial score (nSPS) is 14.2. The summed E-state index contributed by atoms with van der Waals surface area (Å²) >= 11 is 0. The van der Waals surface area contributed by atoms with Gasteiger partial charge in [-0.3, -0.25) is 14.5 Å². The van der Waals surface area contributed by atoms with E-state index in [2.05, 4.69) is 0 Å². The first-order valence-corrected chi connectivity index (χ1v) is 8.57. The maximum absolute atomic E-state index is 12.9. The molecule has 2 aromatic carbocycles. The van der Waals surface area contributed by atoms with Gasteiger partial charge in [-0.2, -0.15) is 0 Å². The van der Waals surface area contributed by atoms with Crippen LogP contribution in [0.5, 0.6) is 5.75 Å². The van der Waals surface area contributed by atoms with Gasteiger partial charge in [0.25, 0.3) is 11.8 Å². The molecular weight excluding hydrogens is 328 g/mol. The van der Waals surface area contributed by atoms with Gasteiger partial charge in [-0.25, -0.2) is 0 Å². The molecule has 0 bridgehead atoms. The van der Waals surface area contributed by atoms with Gasteiger partial charge in [0.1, 0.15) is 11.4 Å². The first-order chi connectivity index (χ1) is 12.6. The molecule has 0 saturated heterocycles. The number of benzene rings is 2. The molecule has 0 radical (unpaired) electrons. The molecule has 5 nitrogen and oxygen atoms in total. The molecule has 2 amide bonds. The number of likely N-dealkylation sites (N-methyl/N-ethyl adjacent to an activating group) is 2. The number of carbonyl (C=O) groups excluding carboxylic acids is 2. The van der Waals surface area contributed by atoms with Crippen molar-refractivity contribution >= 4 is 17.4 Å². The Morgan fingerprint density at radius 1 is 0.962 bits per heavy atom. The van der Waals surface area contributed by atoms with Gasteiger partial charge < -0.3 is 9.64 Å². The predicted octanol–water partition coefficient (Wildman–Crippen LogP) is 2.93. The second kappa shape index (κ2) is 7.44. The van der Waals surface area contributed by atoms with Crippen molar-refractivity contribution in [3.63, 3.8) is 0 Å². The molecule has 5 heteroatoms. The molecule has 3 rings (SSSR count). The lowest BCUT2D eigenvalue weighted by Crippen LogP contribution is -2.32. The van der Waals surface area contributed by atoms with Crippen molar-refractivity contribution in [1.29, 1.82) is 0 Å². The lowest BCUT2D eigenvalue weighted by Gasteiger charge is -2.24. The van der Waals surface area contributed by atoms with Gasteiger partial charge in [0.05, 0.1) is 12.7 Å². The molecule has 0 saturated carbocycles. The molecule has 0 atom stereocenters. The maximum Gasteiger partial charge on any atom is 0.277 e. The Morgan fingerprint density at radius 3 is 2.27 bits per heavy atom. The van der Waals surface area contributed by atoms with Gasteiger partial charge in [-0.1, -0.05) is 48.5 Å². The number of carbonyl (C=O) groups is 2. The van der Waals surface area contributed by atoms with E-state index in [1.54, 1.807) is 13.2 Å².